The number of alkyl halides is 3. The molecule has 1 aromatic heterocycles. The molecule has 2 unspecified atom stereocenters. The number of H-pyrrole nitrogens is 1. The van der Waals surface area contributed by atoms with Crippen LogP contribution in [0.4, 0.5) is 13.2 Å². The maximum absolute atomic E-state index is 12.9. The second-order valence-corrected chi connectivity index (χ2v) is 10.4. The van der Waals surface area contributed by atoms with E-state index in [2.05, 4.69) is 10.2 Å². The first-order valence-corrected chi connectivity index (χ1v) is 12.4. The first-order valence-electron chi connectivity index (χ1n) is 10.2. The number of nitrogens with one attached hydrogen (secondary N) is 1. The van der Waals surface area contributed by atoms with E-state index in [9.17, 15) is 26.7 Å². The Morgan fingerprint density at radius 2 is 2.09 bits per heavy atom. The maximum Gasteiger partial charge on any atom is 0.435 e. The highest BCUT2D eigenvalue weighted by atomic mass is 35.5. The molecule has 1 aliphatic heterocycles. The van der Waals surface area contributed by atoms with Crippen molar-refractivity contribution in [3.05, 3.63) is 52.3 Å². The molecule has 1 aliphatic rings. The lowest BCUT2D eigenvalue weighted by Gasteiger charge is -2.33. The Kier molecular flexibility index (Phi) is 7.87. The van der Waals surface area contributed by atoms with Crippen LogP contribution in [-0.4, -0.2) is 58.8 Å². The number of rotatable bonds is 8. The van der Waals surface area contributed by atoms with Gasteiger partial charge >= 0.3 is 6.18 Å². The van der Waals surface area contributed by atoms with E-state index in [1.54, 1.807) is 29.2 Å². The van der Waals surface area contributed by atoms with E-state index in [0.717, 1.165) is 18.9 Å². The lowest BCUT2D eigenvalue weighted by molar-refractivity contribution is -0.141. The number of aromatic amines is 1. The molecule has 0 radical (unpaired) electrons. The van der Waals surface area contributed by atoms with Gasteiger partial charge < -0.3 is 5.11 Å². The molecule has 2 heterocycles. The molecular weight excluding hydrogens is 469 g/mol. The Bertz CT molecular complexity index is 1020. The number of halogens is 4. The fourth-order valence-electron chi connectivity index (χ4n) is 3.86. The smallest absolute Gasteiger partial charge is 0.372 e. The summed E-state index contributed by atoms with van der Waals surface area (Å²) in [4.78, 5) is 1.61. The van der Waals surface area contributed by atoms with Gasteiger partial charge in [-0.1, -0.05) is 29.8 Å². The third-order valence-corrected chi connectivity index (χ3v) is 7.26. The van der Waals surface area contributed by atoms with Gasteiger partial charge in [0.2, 0.25) is 10.0 Å². The largest absolute Gasteiger partial charge is 0.435 e. The van der Waals surface area contributed by atoms with Crippen LogP contribution in [0, 0.1) is 5.92 Å². The van der Waals surface area contributed by atoms with Gasteiger partial charge in [0.15, 0.2) is 5.69 Å². The minimum atomic E-state index is -4.63. The summed E-state index contributed by atoms with van der Waals surface area (Å²) in [6, 6.07) is 7.82. The number of nitrogens with zero attached hydrogens (tertiary/aromatic N) is 3. The van der Waals surface area contributed by atoms with Gasteiger partial charge in [0.1, 0.15) is 6.23 Å². The molecule has 7 nitrogen and oxygen atoms in total. The molecule has 1 fully saturated rings. The second kappa shape index (κ2) is 10.1. The van der Waals surface area contributed by atoms with Gasteiger partial charge in [-0.3, -0.25) is 10.00 Å². The Hall–Kier alpha value is -1.66. The molecule has 0 spiro atoms. The minimum absolute atomic E-state index is 0.0759. The topological polar surface area (TPSA) is 89.5 Å². The zero-order valence-electron chi connectivity index (χ0n) is 17.5. The van der Waals surface area contributed by atoms with Gasteiger partial charge in [0.25, 0.3) is 0 Å². The Morgan fingerprint density at radius 3 is 2.72 bits per heavy atom. The molecule has 2 aromatic rings. The van der Waals surface area contributed by atoms with Crippen LogP contribution in [0.5, 0.6) is 0 Å². The Labute approximate surface area is 190 Å². The number of sulfonamides is 1. The van der Waals surface area contributed by atoms with Crippen molar-refractivity contribution in [3.63, 3.8) is 0 Å². The maximum atomic E-state index is 12.9. The summed E-state index contributed by atoms with van der Waals surface area (Å²) in [5.41, 5.74) is -0.476. The first kappa shape index (κ1) is 25.0. The summed E-state index contributed by atoms with van der Waals surface area (Å²) in [5, 5.41) is 16.9. The molecule has 178 valence electrons. The van der Waals surface area contributed by atoms with E-state index in [1.807, 2.05) is 0 Å². The van der Waals surface area contributed by atoms with Gasteiger partial charge in [0.05, 0.1) is 11.9 Å². The summed E-state index contributed by atoms with van der Waals surface area (Å²) in [6.07, 6.45) is -2.68. The van der Waals surface area contributed by atoms with Gasteiger partial charge in [-0.05, 0) is 42.9 Å². The average molecular weight is 495 g/mol. The zero-order chi connectivity index (χ0) is 23.5. The highest BCUT2D eigenvalue weighted by Crippen LogP contribution is 2.31. The Balaban J connectivity index is 1.76. The van der Waals surface area contributed by atoms with Crippen LogP contribution in [-0.2, 0) is 22.7 Å². The number of aliphatic hydroxyl groups excluding tert-OH is 1. The highest BCUT2D eigenvalue weighted by Gasteiger charge is 2.35. The van der Waals surface area contributed by atoms with Crippen LogP contribution in [0.3, 0.4) is 0 Å². The zero-order valence-corrected chi connectivity index (χ0v) is 19.1. The van der Waals surface area contributed by atoms with Gasteiger partial charge in [0, 0.05) is 31.2 Å². The molecule has 1 saturated heterocycles. The van der Waals surface area contributed by atoms with Crippen molar-refractivity contribution in [3.8, 4) is 0 Å². The molecule has 2 N–H and O–H groups in total. The number of hydrogen-bond acceptors (Lipinski definition) is 5. The number of aliphatic hydroxyl groups is 1. The third kappa shape index (κ3) is 6.44. The molecule has 1 aromatic carbocycles. The van der Waals surface area contributed by atoms with Crippen LogP contribution in [0.2, 0.25) is 5.02 Å². The second-order valence-electron chi connectivity index (χ2n) is 8.06. The molecule has 2 atom stereocenters. The van der Waals surface area contributed by atoms with Crippen LogP contribution in [0.1, 0.15) is 42.4 Å². The SMILES string of the molecule is CS(=O)(=O)N1CCCC(CCN(Cc2ccccc2Cl)C(O)c2cc(C(F)(F)F)n[nH]2)C1. The summed E-state index contributed by atoms with van der Waals surface area (Å²) in [7, 11) is -3.29. The molecule has 3 rings (SSSR count). The summed E-state index contributed by atoms with van der Waals surface area (Å²) >= 11 is 6.25. The highest BCUT2D eigenvalue weighted by molar-refractivity contribution is 7.88. The van der Waals surface area contributed by atoms with E-state index in [4.69, 9.17) is 11.6 Å². The number of piperidine rings is 1. The standard InChI is InChI=1S/C20H26ClF3N4O3S/c1-32(30,31)28-9-4-5-14(12-28)8-10-27(13-15-6-2-3-7-16(15)21)19(29)17-11-18(26-25-17)20(22,23)24/h2-3,6-7,11,14,19,29H,4-5,8-10,12-13H2,1H3,(H,25,26). The summed E-state index contributed by atoms with van der Waals surface area (Å²) in [5.74, 6) is 0.0759. The van der Waals surface area contributed by atoms with Crippen molar-refractivity contribution < 1.29 is 26.7 Å². The van der Waals surface area contributed by atoms with Crippen molar-refractivity contribution >= 4 is 21.6 Å². The Morgan fingerprint density at radius 1 is 1.38 bits per heavy atom. The summed E-state index contributed by atoms with van der Waals surface area (Å²) in [6.45, 7) is 1.39. The van der Waals surface area contributed by atoms with Crippen molar-refractivity contribution in [2.45, 2.75) is 38.2 Å². The molecule has 0 bridgehead atoms. The van der Waals surface area contributed by atoms with E-state index in [-0.39, 0.29) is 18.2 Å². The summed E-state index contributed by atoms with van der Waals surface area (Å²) < 4.78 is 64.0. The number of benzene rings is 1. The predicted molar refractivity (Wildman–Crippen MR) is 114 cm³/mol. The molecule has 0 saturated carbocycles. The normalized spacial score (nSPS) is 19.4. The van der Waals surface area contributed by atoms with Crippen LogP contribution >= 0.6 is 11.6 Å². The lowest BCUT2D eigenvalue weighted by Crippen LogP contribution is -2.40. The van der Waals surface area contributed by atoms with E-state index >= 15 is 0 Å². The van der Waals surface area contributed by atoms with Gasteiger partial charge in [-0.15, -0.1) is 0 Å². The van der Waals surface area contributed by atoms with Crippen molar-refractivity contribution in [2.75, 3.05) is 25.9 Å². The molecule has 32 heavy (non-hydrogen) atoms. The molecule has 0 aliphatic carbocycles. The van der Waals surface area contributed by atoms with Crippen molar-refractivity contribution in [1.29, 1.82) is 0 Å². The first-order chi connectivity index (χ1) is 14.9. The fourth-order valence-corrected chi connectivity index (χ4v) is 4.99. The molecule has 0 amide bonds. The van der Waals surface area contributed by atoms with Crippen molar-refractivity contribution in [1.82, 2.24) is 19.4 Å². The quantitative estimate of drug-likeness (QED) is 0.547. The predicted octanol–water partition coefficient (Wildman–Crippen LogP) is 3.64. The molecule has 12 heteroatoms. The monoisotopic (exact) mass is 494 g/mol. The van der Waals surface area contributed by atoms with E-state index in [0.29, 0.717) is 36.6 Å². The van der Waals surface area contributed by atoms with Crippen LogP contribution < -0.4 is 0 Å². The van der Waals surface area contributed by atoms with Gasteiger partial charge in [-0.25, -0.2) is 12.7 Å². The van der Waals surface area contributed by atoms with Crippen molar-refractivity contribution in [2.24, 2.45) is 5.92 Å². The van der Waals surface area contributed by atoms with Gasteiger partial charge in [-0.2, -0.15) is 18.3 Å². The van der Waals surface area contributed by atoms with E-state index in [1.165, 1.54) is 10.6 Å². The molecular formula is C20H26ClF3N4O3S. The average Bonchev–Trinajstić information content (AvgIpc) is 3.22. The fraction of sp³-hybridized carbons (Fsp3) is 0.550. The van der Waals surface area contributed by atoms with E-state index < -0.39 is 28.1 Å². The van der Waals surface area contributed by atoms with Crippen LogP contribution in [0.25, 0.3) is 0 Å². The third-order valence-electron chi connectivity index (χ3n) is 5.62. The van der Waals surface area contributed by atoms with Crippen LogP contribution in [0.15, 0.2) is 30.3 Å². The number of hydrogen-bond donors (Lipinski definition) is 2. The minimum Gasteiger partial charge on any atom is -0.372 e. The lowest BCUT2D eigenvalue weighted by atomic mass is 9.96. The number of aromatic nitrogens is 2.